The van der Waals surface area contributed by atoms with Crippen molar-refractivity contribution < 1.29 is 58.2 Å². The van der Waals surface area contributed by atoms with Gasteiger partial charge in [0.1, 0.15) is 18.8 Å². The molecule has 75 heavy (non-hydrogen) atoms. The maximum absolute atomic E-state index is 13.1. The van der Waals surface area contributed by atoms with Gasteiger partial charge in [-0.3, -0.25) is 14.4 Å². The average Bonchev–Trinajstić information content (AvgIpc) is 3.39. The van der Waals surface area contributed by atoms with Crippen molar-refractivity contribution in [2.75, 3.05) is 13.2 Å². The molecule has 1 rings (SSSR count). The van der Waals surface area contributed by atoms with Gasteiger partial charge < -0.3 is 39.0 Å². The molecular weight excluding hydrogens is 949 g/mol. The summed E-state index contributed by atoms with van der Waals surface area (Å²) in [5, 5.41) is 31.5. The van der Waals surface area contributed by atoms with Gasteiger partial charge in [-0.15, -0.1) is 0 Å². The number of carboxylic acid groups (broad SMARTS) is 1. The van der Waals surface area contributed by atoms with Crippen LogP contribution >= 0.6 is 0 Å². The molecule has 6 unspecified atom stereocenters. The summed E-state index contributed by atoms with van der Waals surface area (Å²) in [7, 11) is 0. The van der Waals surface area contributed by atoms with Crippen LogP contribution in [0.15, 0.2) is 24.3 Å². The Morgan fingerprint density at radius 1 is 0.440 bits per heavy atom. The first kappa shape index (κ1) is 70.2. The van der Waals surface area contributed by atoms with Crippen LogP contribution in [0.4, 0.5) is 0 Å². The molecule has 1 saturated heterocycles. The SMILES string of the molecule is CCCCC/C=C\C/C=C\CCCCCCCCCC(=O)OC1C(OCC(COC(=O)CCCCCCCCCCCCCCCCCCC)OC(=O)CCCCCCCCCCCCC)OC(C(=O)O)C(O)C1O. The minimum atomic E-state index is -1.90. The summed E-state index contributed by atoms with van der Waals surface area (Å²) in [5.74, 6) is -3.09. The monoisotopic (exact) mass is 1060 g/mol. The zero-order valence-electron chi connectivity index (χ0n) is 48.3. The van der Waals surface area contributed by atoms with Crippen molar-refractivity contribution in [3.63, 3.8) is 0 Å². The Hall–Kier alpha value is -2.80. The first-order valence-corrected chi connectivity index (χ1v) is 31.3. The first-order chi connectivity index (χ1) is 36.6. The quantitative estimate of drug-likeness (QED) is 0.0228. The van der Waals surface area contributed by atoms with E-state index in [1.165, 1.54) is 154 Å². The number of ether oxygens (including phenoxy) is 5. The summed E-state index contributed by atoms with van der Waals surface area (Å²) in [6.45, 7) is 6.00. The van der Waals surface area contributed by atoms with Gasteiger partial charge in [0.15, 0.2) is 24.6 Å². The van der Waals surface area contributed by atoms with Gasteiger partial charge in [0, 0.05) is 19.3 Å². The molecule has 0 aromatic heterocycles. The molecule has 1 aliphatic rings. The molecule has 0 aliphatic carbocycles. The topological polar surface area (TPSA) is 175 Å². The maximum atomic E-state index is 13.1. The number of aliphatic hydroxyl groups is 2. The van der Waals surface area contributed by atoms with Crippen molar-refractivity contribution in [2.24, 2.45) is 0 Å². The third kappa shape index (κ3) is 41.9. The number of hydrogen-bond donors (Lipinski definition) is 3. The predicted molar refractivity (Wildman–Crippen MR) is 303 cm³/mol. The number of rotatable bonds is 54. The molecule has 0 spiro atoms. The zero-order chi connectivity index (χ0) is 54.7. The number of hydrogen-bond acceptors (Lipinski definition) is 11. The summed E-state index contributed by atoms with van der Waals surface area (Å²) in [5.41, 5.74) is 0. The van der Waals surface area contributed by atoms with E-state index in [-0.39, 0.29) is 25.9 Å². The number of aliphatic carboxylic acids is 1. The number of allylic oxidation sites excluding steroid dienone is 4. The van der Waals surface area contributed by atoms with Gasteiger partial charge in [0.2, 0.25) is 0 Å². The Bertz CT molecular complexity index is 1400. The molecule has 1 heterocycles. The summed E-state index contributed by atoms with van der Waals surface area (Å²) >= 11 is 0. The van der Waals surface area contributed by atoms with Gasteiger partial charge in [0.25, 0.3) is 0 Å². The van der Waals surface area contributed by atoms with Crippen molar-refractivity contribution in [1.29, 1.82) is 0 Å². The molecule has 12 nitrogen and oxygen atoms in total. The fourth-order valence-corrected chi connectivity index (χ4v) is 9.69. The summed E-state index contributed by atoms with van der Waals surface area (Å²) in [6, 6.07) is 0. The third-order valence-corrected chi connectivity index (χ3v) is 14.5. The molecular formula is C63H114O12. The van der Waals surface area contributed by atoms with Crippen molar-refractivity contribution in [3.8, 4) is 0 Å². The number of aliphatic hydroxyl groups excluding tert-OH is 2. The molecule has 0 radical (unpaired) electrons. The lowest BCUT2D eigenvalue weighted by Crippen LogP contribution is -2.61. The lowest BCUT2D eigenvalue weighted by molar-refractivity contribution is -0.301. The Morgan fingerprint density at radius 3 is 1.23 bits per heavy atom. The Balaban J connectivity index is 2.63. The summed E-state index contributed by atoms with van der Waals surface area (Å²) < 4.78 is 28.5. The van der Waals surface area contributed by atoms with Crippen LogP contribution in [0, 0.1) is 0 Å². The van der Waals surface area contributed by atoms with Crippen LogP contribution in [-0.4, -0.2) is 89.2 Å². The fraction of sp³-hybridized carbons (Fsp3) is 0.873. The molecule has 0 amide bonds. The van der Waals surface area contributed by atoms with E-state index in [0.29, 0.717) is 19.3 Å². The highest BCUT2D eigenvalue weighted by atomic mass is 16.7. The molecule has 1 fully saturated rings. The molecule has 438 valence electrons. The number of carboxylic acids is 1. The predicted octanol–water partition coefficient (Wildman–Crippen LogP) is 16.2. The van der Waals surface area contributed by atoms with Crippen LogP contribution in [0.1, 0.15) is 303 Å². The second-order valence-electron chi connectivity index (χ2n) is 21.7. The highest BCUT2D eigenvalue weighted by Gasteiger charge is 2.50. The van der Waals surface area contributed by atoms with Crippen molar-refractivity contribution in [1.82, 2.24) is 0 Å². The molecule has 6 atom stereocenters. The minimum absolute atomic E-state index is 0.0565. The third-order valence-electron chi connectivity index (χ3n) is 14.5. The van der Waals surface area contributed by atoms with E-state index < -0.39 is 67.3 Å². The number of carbonyl (C=O) groups excluding carboxylic acids is 3. The minimum Gasteiger partial charge on any atom is -0.479 e. The highest BCUT2D eigenvalue weighted by Crippen LogP contribution is 2.27. The van der Waals surface area contributed by atoms with Gasteiger partial charge in [-0.1, -0.05) is 257 Å². The molecule has 0 aromatic rings. The smallest absolute Gasteiger partial charge is 0.335 e. The Labute approximate surface area is 458 Å². The lowest BCUT2D eigenvalue weighted by atomic mass is 9.98. The largest absolute Gasteiger partial charge is 0.479 e. The normalized spacial score (nSPS) is 18.2. The molecule has 12 heteroatoms. The van der Waals surface area contributed by atoms with Gasteiger partial charge in [-0.25, -0.2) is 4.79 Å². The molecule has 0 aromatic carbocycles. The molecule has 1 aliphatic heterocycles. The van der Waals surface area contributed by atoms with Gasteiger partial charge in [0.05, 0.1) is 6.61 Å². The second-order valence-corrected chi connectivity index (χ2v) is 21.7. The van der Waals surface area contributed by atoms with E-state index in [1.807, 2.05) is 0 Å². The van der Waals surface area contributed by atoms with Crippen LogP contribution in [0.2, 0.25) is 0 Å². The van der Waals surface area contributed by atoms with Crippen LogP contribution in [0.5, 0.6) is 0 Å². The first-order valence-electron chi connectivity index (χ1n) is 31.3. The van der Waals surface area contributed by atoms with Crippen LogP contribution in [0.3, 0.4) is 0 Å². The van der Waals surface area contributed by atoms with E-state index >= 15 is 0 Å². The lowest BCUT2D eigenvalue weighted by Gasteiger charge is -2.40. The Morgan fingerprint density at radius 2 is 0.800 bits per heavy atom. The Kier molecular flexibility index (Phi) is 48.6. The second kappa shape index (κ2) is 51.9. The number of carbonyl (C=O) groups is 4. The van der Waals surface area contributed by atoms with Crippen molar-refractivity contribution in [3.05, 3.63) is 24.3 Å². The standard InChI is InChI=1S/C63H114O12/c1-4-7-10-13-16-19-22-24-26-28-30-32-35-37-40-43-46-49-55(64)71-52-54(73-56(65)50-47-44-41-38-34-21-18-15-12-9-6-3)53-72-63-61(59(68)58(67)60(75-63)62(69)70)74-57(66)51-48-45-42-39-36-33-31-29-27-25-23-20-17-14-11-8-5-2/h17,20,25,27,54,58-61,63,67-68H,4-16,18-19,21-24,26,28-53H2,1-3H3,(H,69,70)/b20-17-,27-25-. The van der Waals surface area contributed by atoms with Crippen LogP contribution < -0.4 is 0 Å². The van der Waals surface area contributed by atoms with E-state index in [1.54, 1.807) is 0 Å². The van der Waals surface area contributed by atoms with Crippen molar-refractivity contribution >= 4 is 23.9 Å². The average molecular weight is 1060 g/mol. The highest BCUT2D eigenvalue weighted by molar-refractivity contribution is 5.74. The van der Waals surface area contributed by atoms with Gasteiger partial charge in [-0.2, -0.15) is 0 Å². The van der Waals surface area contributed by atoms with E-state index in [0.717, 1.165) is 89.9 Å². The molecule has 0 saturated carbocycles. The van der Waals surface area contributed by atoms with Gasteiger partial charge >= 0.3 is 23.9 Å². The molecule has 0 bridgehead atoms. The van der Waals surface area contributed by atoms with Gasteiger partial charge in [-0.05, 0) is 51.4 Å². The van der Waals surface area contributed by atoms with Crippen molar-refractivity contribution in [2.45, 2.75) is 340 Å². The summed E-state index contributed by atoms with van der Waals surface area (Å²) in [6.07, 6.45) is 47.1. The van der Waals surface area contributed by atoms with E-state index in [2.05, 4.69) is 45.1 Å². The fourth-order valence-electron chi connectivity index (χ4n) is 9.69. The van der Waals surface area contributed by atoms with E-state index in [9.17, 15) is 34.5 Å². The van der Waals surface area contributed by atoms with Crippen LogP contribution in [0.25, 0.3) is 0 Å². The molecule has 3 N–H and O–H groups in total. The maximum Gasteiger partial charge on any atom is 0.335 e. The number of esters is 3. The van der Waals surface area contributed by atoms with Crippen LogP contribution in [-0.2, 0) is 42.9 Å². The van der Waals surface area contributed by atoms with E-state index in [4.69, 9.17) is 23.7 Å². The number of unbranched alkanes of at least 4 members (excludes halogenated alkanes) is 36. The summed E-state index contributed by atoms with van der Waals surface area (Å²) in [4.78, 5) is 51.1. The zero-order valence-corrected chi connectivity index (χ0v) is 48.3.